The second-order valence-electron chi connectivity index (χ2n) is 6.86. The second kappa shape index (κ2) is 9.01. The van der Waals surface area contributed by atoms with Crippen molar-refractivity contribution < 1.29 is 19.1 Å². The first kappa shape index (κ1) is 20.1. The number of esters is 1. The van der Waals surface area contributed by atoms with Gasteiger partial charge < -0.3 is 14.5 Å². The molecule has 148 valence electrons. The van der Waals surface area contributed by atoms with Crippen LogP contribution in [-0.4, -0.2) is 48.9 Å². The van der Waals surface area contributed by atoms with Crippen LogP contribution in [0.5, 0.6) is 0 Å². The molecular weight excluding hydrogens is 376 g/mol. The number of nitrogens with zero attached hydrogens (tertiary/aromatic N) is 2. The number of likely N-dealkylation sites (N-methyl/N-ethyl adjacent to an activating group) is 1. The van der Waals surface area contributed by atoms with Gasteiger partial charge in [0.15, 0.2) is 6.10 Å². The van der Waals surface area contributed by atoms with Crippen molar-refractivity contribution in [3.05, 3.63) is 52.7 Å². The van der Waals surface area contributed by atoms with Crippen molar-refractivity contribution in [3.63, 3.8) is 0 Å². The Bertz CT molecular complexity index is 814. The van der Waals surface area contributed by atoms with Crippen LogP contribution in [0.1, 0.15) is 29.4 Å². The summed E-state index contributed by atoms with van der Waals surface area (Å²) in [6.45, 7) is 2.63. The van der Waals surface area contributed by atoms with Crippen LogP contribution in [0.15, 0.2) is 47.8 Å². The number of ether oxygens (including phenoxy) is 1. The van der Waals surface area contributed by atoms with Gasteiger partial charge in [-0.1, -0.05) is 24.3 Å². The van der Waals surface area contributed by atoms with Gasteiger partial charge >= 0.3 is 5.97 Å². The number of likely N-dealkylation sites (tertiary alicyclic amines) is 1. The van der Waals surface area contributed by atoms with Crippen LogP contribution in [0.3, 0.4) is 0 Å². The number of hydrogen-bond acceptors (Lipinski definition) is 5. The van der Waals surface area contributed by atoms with E-state index in [1.165, 1.54) is 16.2 Å². The summed E-state index contributed by atoms with van der Waals surface area (Å²) in [6, 6.07) is 12.9. The van der Waals surface area contributed by atoms with Gasteiger partial charge in [-0.2, -0.15) is 0 Å². The highest BCUT2D eigenvalue weighted by Gasteiger charge is 2.31. The van der Waals surface area contributed by atoms with Gasteiger partial charge in [-0.15, -0.1) is 11.3 Å². The summed E-state index contributed by atoms with van der Waals surface area (Å²) in [5.74, 6) is -0.921. The molecule has 1 aromatic heterocycles. The van der Waals surface area contributed by atoms with Crippen molar-refractivity contribution >= 4 is 34.8 Å². The minimum atomic E-state index is -0.858. The molecule has 3 rings (SSSR count). The van der Waals surface area contributed by atoms with Crippen molar-refractivity contribution in [3.8, 4) is 0 Å². The van der Waals surface area contributed by atoms with E-state index in [1.807, 2.05) is 47.8 Å². The Labute approximate surface area is 168 Å². The van der Waals surface area contributed by atoms with E-state index < -0.39 is 6.10 Å². The first-order chi connectivity index (χ1) is 13.5. The van der Waals surface area contributed by atoms with Gasteiger partial charge in [-0.25, -0.2) is 0 Å². The molecule has 1 aliphatic heterocycles. The number of carbonyl (C=O) groups is 3. The standard InChI is InChI=1S/C21H24N2O4S/c1-15(19(24)22(2)17-7-4-3-5-8-17)27-21(26)16-10-12-23(13-11-16)20(25)18-9-6-14-28-18/h3-9,14-16H,10-13H2,1-2H3/t15-/m1/s1. The fourth-order valence-electron chi connectivity index (χ4n) is 3.25. The molecule has 6 nitrogen and oxygen atoms in total. The smallest absolute Gasteiger partial charge is 0.309 e. The zero-order valence-electron chi connectivity index (χ0n) is 16.0. The number of hydrogen-bond donors (Lipinski definition) is 0. The highest BCUT2D eigenvalue weighted by atomic mass is 32.1. The zero-order valence-corrected chi connectivity index (χ0v) is 16.9. The van der Waals surface area contributed by atoms with Gasteiger partial charge in [-0.3, -0.25) is 14.4 Å². The summed E-state index contributed by atoms with van der Waals surface area (Å²) in [5, 5.41) is 1.88. The lowest BCUT2D eigenvalue weighted by Gasteiger charge is -2.31. The third-order valence-electron chi connectivity index (χ3n) is 4.96. The van der Waals surface area contributed by atoms with Crippen molar-refractivity contribution in [1.29, 1.82) is 0 Å². The quantitative estimate of drug-likeness (QED) is 0.723. The molecule has 2 aromatic rings. The minimum Gasteiger partial charge on any atom is -0.452 e. The molecule has 0 unspecified atom stereocenters. The third kappa shape index (κ3) is 4.59. The number of para-hydroxylation sites is 1. The van der Waals surface area contributed by atoms with Crippen molar-refractivity contribution in [2.75, 3.05) is 25.0 Å². The predicted octanol–water partition coefficient (Wildman–Crippen LogP) is 3.20. The molecule has 1 aromatic carbocycles. The zero-order chi connectivity index (χ0) is 20.1. The van der Waals surface area contributed by atoms with Crippen LogP contribution < -0.4 is 4.90 Å². The molecule has 1 fully saturated rings. The van der Waals surface area contributed by atoms with Gasteiger partial charge in [0.2, 0.25) is 0 Å². The topological polar surface area (TPSA) is 66.9 Å². The Morgan fingerprint density at radius 3 is 2.39 bits per heavy atom. The number of benzene rings is 1. The van der Waals surface area contributed by atoms with Crippen LogP contribution in [0, 0.1) is 5.92 Å². The summed E-state index contributed by atoms with van der Waals surface area (Å²) in [6.07, 6.45) is 0.236. The molecule has 0 N–H and O–H groups in total. The second-order valence-corrected chi connectivity index (χ2v) is 7.80. The third-order valence-corrected chi connectivity index (χ3v) is 5.82. The van der Waals surface area contributed by atoms with E-state index in [2.05, 4.69) is 0 Å². The lowest BCUT2D eigenvalue weighted by molar-refractivity contribution is -0.159. The molecular formula is C21H24N2O4S. The van der Waals surface area contributed by atoms with Crippen molar-refractivity contribution in [2.45, 2.75) is 25.9 Å². The Morgan fingerprint density at radius 1 is 1.11 bits per heavy atom. The monoisotopic (exact) mass is 400 g/mol. The summed E-state index contributed by atoms with van der Waals surface area (Å²) in [4.78, 5) is 41.4. The van der Waals surface area contributed by atoms with Gasteiger partial charge in [0, 0.05) is 25.8 Å². The average molecular weight is 401 g/mol. The van der Waals surface area contributed by atoms with Crippen molar-refractivity contribution in [1.82, 2.24) is 4.90 Å². The van der Waals surface area contributed by atoms with E-state index in [0.29, 0.717) is 30.8 Å². The van der Waals surface area contributed by atoms with Crippen LogP contribution in [0.25, 0.3) is 0 Å². The van der Waals surface area contributed by atoms with Crippen LogP contribution in [-0.2, 0) is 14.3 Å². The normalized spacial score (nSPS) is 15.7. The van der Waals surface area contributed by atoms with E-state index in [9.17, 15) is 14.4 Å². The molecule has 28 heavy (non-hydrogen) atoms. The fraction of sp³-hybridized carbons (Fsp3) is 0.381. The number of amides is 2. The summed E-state index contributed by atoms with van der Waals surface area (Å²) >= 11 is 1.42. The maximum Gasteiger partial charge on any atom is 0.309 e. The highest BCUT2D eigenvalue weighted by molar-refractivity contribution is 7.12. The van der Waals surface area contributed by atoms with Crippen LogP contribution >= 0.6 is 11.3 Å². The van der Waals surface area contributed by atoms with Crippen molar-refractivity contribution in [2.24, 2.45) is 5.92 Å². The number of carbonyl (C=O) groups excluding carboxylic acids is 3. The van der Waals surface area contributed by atoms with E-state index in [0.717, 1.165) is 5.69 Å². The van der Waals surface area contributed by atoms with Gasteiger partial charge in [0.25, 0.3) is 11.8 Å². The molecule has 1 atom stereocenters. The average Bonchev–Trinajstić information content (AvgIpc) is 3.27. The molecule has 1 saturated heterocycles. The number of anilines is 1. The molecule has 2 amide bonds. The summed E-state index contributed by atoms with van der Waals surface area (Å²) in [7, 11) is 1.66. The molecule has 0 aliphatic carbocycles. The van der Waals surface area contributed by atoms with E-state index in [1.54, 1.807) is 18.9 Å². The maximum atomic E-state index is 12.5. The number of piperidine rings is 1. The van der Waals surface area contributed by atoms with Gasteiger partial charge in [-0.05, 0) is 43.3 Å². The Balaban J connectivity index is 1.50. The molecule has 7 heteroatoms. The Kier molecular flexibility index (Phi) is 6.46. The van der Waals surface area contributed by atoms with Crippen LogP contribution in [0.4, 0.5) is 5.69 Å². The molecule has 0 spiro atoms. The summed E-state index contributed by atoms with van der Waals surface area (Å²) in [5.41, 5.74) is 0.746. The molecule has 0 saturated carbocycles. The highest BCUT2D eigenvalue weighted by Crippen LogP contribution is 2.23. The molecule has 0 bridgehead atoms. The van der Waals surface area contributed by atoms with Crippen LogP contribution in [0.2, 0.25) is 0 Å². The molecule has 2 heterocycles. The van der Waals surface area contributed by atoms with E-state index in [-0.39, 0.29) is 23.7 Å². The Hall–Kier alpha value is -2.67. The first-order valence-electron chi connectivity index (χ1n) is 9.33. The maximum absolute atomic E-state index is 12.5. The largest absolute Gasteiger partial charge is 0.452 e. The van der Waals surface area contributed by atoms with E-state index in [4.69, 9.17) is 4.74 Å². The van der Waals surface area contributed by atoms with Gasteiger partial charge in [0.05, 0.1) is 10.8 Å². The first-order valence-corrected chi connectivity index (χ1v) is 10.2. The Morgan fingerprint density at radius 2 is 1.79 bits per heavy atom. The SMILES string of the molecule is C[C@@H](OC(=O)C1CCN(C(=O)c2cccs2)CC1)C(=O)N(C)c1ccccc1. The molecule has 1 aliphatic rings. The predicted molar refractivity (Wildman–Crippen MR) is 108 cm³/mol. The van der Waals surface area contributed by atoms with E-state index >= 15 is 0 Å². The van der Waals surface area contributed by atoms with Gasteiger partial charge in [0.1, 0.15) is 0 Å². The lowest BCUT2D eigenvalue weighted by Crippen LogP contribution is -2.42. The number of thiophene rings is 1. The number of rotatable bonds is 5. The minimum absolute atomic E-state index is 0.00912. The fourth-order valence-corrected chi connectivity index (χ4v) is 3.94. The molecule has 0 radical (unpaired) electrons. The summed E-state index contributed by atoms with van der Waals surface area (Å²) < 4.78 is 5.43. The lowest BCUT2D eigenvalue weighted by atomic mass is 9.97.